The van der Waals surface area contributed by atoms with Gasteiger partial charge >= 0.3 is 5.97 Å². The van der Waals surface area contributed by atoms with E-state index in [1.807, 2.05) is 6.07 Å². The van der Waals surface area contributed by atoms with Crippen molar-refractivity contribution in [1.29, 1.82) is 5.26 Å². The van der Waals surface area contributed by atoms with Crippen molar-refractivity contribution in [2.75, 3.05) is 0 Å². The van der Waals surface area contributed by atoms with Crippen LogP contribution < -0.4 is 0 Å². The van der Waals surface area contributed by atoms with Gasteiger partial charge in [0, 0.05) is 6.20 Å². The molecule has 0 aliphatic rings. The standard InChI is InChI=1S/C7H6N2O2/c1-4-5(2-8)3-9-6(4)7(10)11/h3,9H,1H3,(H,10,11). The highest BCUT2D eigenvalue weighted by atomic mass is 16.4. The predicted octanol–water partition coefficient (Wildman–Crippen LogP) is 0.893. The highest BCUT2D eigenvalue weighted by Gasteiger charge is 2.11. The molecule has 0 saturated heterocycles. The molecule has 0 aliphatic heterocycles. The highest BCUT2D eigenvalue weighted by Crippen LogP contribution is 2.10. The van der Waals surface area contributed by atoms with Crippen LogP contribution in [0.3, 0.4) is 0 Å². The molecule has 0 radical (unpaired) electrons. The minimum Gasteiger partial charge on any atom is -0.477 e. The average Bonchev–Trinajstić information content (AvgIpc) is 2.30. The quantitative estimate of drug-likeness (QED) is 0.624. The maximum Gasteiger partial charge on any atom is 0.352 e. The lowest BCUT2D eigenvalue weighted by Crippen LogP contribution is -1.98. The van der Waals surface area contributed by atoms with Gasteiger partial charge in [0.2, 0.25) is 0 Å². The third kappa shape index (κ3) is 1.08. The first-order valence-electron chi connectivity index (χ1n) is 2.98. The smallest absolute Gasteiger partial charge is 0.352 e. The van der Waals surface area contributed by atoms with Crippen molar-refractivity contribution in [3.05, 3.63) is 23.0 Å². The zero-order valence-corrected chi connectivity index (χ0v) is 5.88. The van der Waals surface area contributed by atoms with Crippen LogP contribution in [0.4, 0.5) is 0 Å². The van der Waals surface area contributed by atoms with E-state index in [1.54, 1.807) is 6.92 Å². The topological polar surface area (TPSA) is 76.9 Å². The largest absolute Gasteiger partial charge is 0.477 e. The van der Waals surface area contributed by atoms with Gasteiger partial charge in [0.25, 0.3) is 0 Å². The summed E-state index contributed by atoms with van der Waals surface area (Å²) in [4.78, 5) is 12.9. The van der Waals surface area contributed by atoms with Gasteiger partial charge in [-0.25, -0.2) is 4.79 Å². The number of carboxylic acids is 1. The van der Waals surface area contributed by atoms with E-state index in [4.69, 9.17) is 10.4 Å². The third-order valence-electron chi connectivity index (χ3n) is 1.47. The summed E-state index contributed by atoms with van der Waals surface area (Å²) in [6, 6.07) is 1.88. The first-order valence-corrected chi connectivity index (χ1v) is 2.98. The molecular weight excluding hydrogens is 144 g/mol. The van der Waals surface area contributed by atoms with Crippen LogP contribution in [0.5, 0.6) is 0 Å². The maximum atomic E-state index is 10.4. The summed E-state index contributed by atoms with van der Waals surface area (Å²) in [7, 11) is 0. The highest BCUT2D eigenvalue weighted by molar-refractivity contribution is 5.88. The second-order valence-electron chi connectivity index (χ2n) is 2.12. The Hall–Kier alpha value is -1.76. The van der Waals surface area contributed by atoms with E-state index in [-0.39, 0.29) is 5.69 Å². The molecule has 0 aliphatic carbocycles. The summed E-state index contributed by atoms with van der Waals surface area (Å²) >= 11 is 0. The maximum absolute atomic E-state index is 10.4. The molecule has 2 N–H and O–H groups in total. The SMILES string of the molecule is Cc1c(C#N)c[nH]c1C(=O)O. The number of carboxylic acid groups (broad SMARTS) is 1. The van der Waals surface area contributed by atoms with Crippen LogP contribution in [0.15, 0.2) is 6.20 Å². The minimum atomic E-state index is -1.04. The van der Waals surface area contributed by atoms with Crippen molar-refractivity contribution in [2.24, 2.45) is 0 Å². The average molecular weight is 150 g/mol. The molecule has 0 atom stereocenters. The van der Waals surface area contributed by atoms with Crippen LogP contribution in [0.1, 0.15) is 21.6 Å². The number of rotatable bonds is 1. The molecule has 1 heterocycles. The molecule has 1 rings (SSSR count). The minimum absolute atomic E-state index is 0.0848. The molecule has 0 aromatic carbocycles. The van der Waals surface area contributed by atoms with Crippen molar-refractivity contribution in [3.8, 4) is 6.07 Å². The first-order chi connectivity index (χ1) is 5.16. The number of nitrogens with zero attached hydrogens (tertiary/aromatic N) is 1. The number of aromatic nitrogens is 1. The molecule has 11 heavy (non-hydrogen) atoms. The second-order valence-corrected chi connectivity index (χ2v) is 2.12. The lowest BCUT2D eigenvalue weighted by molar-refractivity contribution is 0.0690. The lowest BCUT2D eigenvalue weighted by atomic mass is 10.2. The van der Waals surface area contributed by atoms with E-state index in [0.717, 1.165) is 0 Å². The molecule has 1 aromatic rings. The monoisotopic (exact) mass is 150 g/mol. The van der Waals surface area contributed by atoms with Gasteiger partial charge in [-0.3, -0.25) is 0 Å². The van der Waals surface area contributed by atoms with E-state index in [9.17, 15) is 4.79 Å². The number of hydrogen-bond acceptors (Lipinski definition) is 2. The summed E-state index contributed by atoms with van der Waals surface area (Å²) in [6.07, 6.45) is 1.39. The van der Waals surface area contributed by atoms with Gasteiger partial charge in [-0.1, -0.05) is 0 Å². The Kier molecular flexibility index (Phi) is 1.65. The van der Waals surface area contributed by atoms with E-state index in [2.05, 4.69) is 4.98 Å². The van der Waals surface area contributed by atoms with Crippen LogP contribution in [-0.2, 0) is 0 Å². The summed E-state index contributed by atoms with van der Waals surface area (Å²) < 4.78 is 0. The van der Waals surface area contributed by atoms with E-state index >= 15 is 0 Å². The molecule has 0 amide bonds. The molecule has 0 fully saturated rings. The molecule has 4 heteroatoms. The summed E-state index contributed by atoms with van der Waals surface area (Å²) in [5.41, 5.74) is 0.948. The van der Waals surface area contributed by atoms with Crippen molar-refractivity contribution < 1.29 is 9.90 Å². The Bertz CT molecular complexity index is 333. The zero-order chi connectivity index (χ0) is 8.43. The van der Waals surface area contributed by atoms with Crippen LogP contribution in [0.2, 0.25) is 0 Å². The number of aromatic carboxylic acids is 1. The molecule has 4 nitrogen and oxygen atoms in total. The van der Waals surface area contributed by atoms with Gasteiger partial charge in [-0.05, 0) is 12.5 Å². The van der Waals surface area contributed by atoms with Crippen LogP contribution in [-0.4, -0.2) is 16.1 Å². The zero-order valence-electron chi connectivity index (χ0n) is 5.88. The molecule has 0 saturated carbocycles. The van der Waals surface area contributed by atoms with Crippen molar-refractivity contribution >= 4 is 5.97 Å². The molecule has 1 aromatic heterocycles. The van der Waals surface area contributed by atoms with E-state index in [1.165, 1.54) is 6.20 Å². The fraction of sp³-hybridized carbons (Fsp3) is 0.143. The fourth-order valence-electron chi connectivity index (χ4n) is 0.834. The lowest BCUT2D eigenvalue weighted by Gasteiger charge is -1.89. The molecule has 0 spiro atoms. The Labute approximate surface area is 63.1 Å². The summed E-state index contributed by atoms with van der Waals surface area (Å²) in [6.45, 7) is 1.60. The first kappa shape index (κ1) is 7.35. The molecular formula is C7H6N2O2. The number of nitrogens with one attached hydrogen (secondary N) is 1. The number of hydrogen-bond donors (Lipinski definition) is 2. The van der Waals surface area contributed by atoms with Gasteiger partial charge in [-0.15, -0.1) is 0 Å². The van der Waals surface area contributed by atoms with E-state index < -0.39 is 5.97 Å². The number of nitriles is 1. The Morgan fingerprint density at radius 2 is 2.45 bits per heavy atom. The van der Waals surface area contributed by atoms with Crippen LogP contribution in [0.25, 0.3) is 0 Å². The van der Waals surface area contributed by atoms with Gasteiger partial charge in [0.1, 0.15) is 11.8 Å². The van der Waals surface area contributed by atoms with Crippen molar-refractivity contribution in [1.82, 2.24) is 4.98 Å². The Morgan fingerprint density at radius 1 is 1.82 bits per heavy atom. The third-order valence-corrected chi connectivity index (χ3v) is 1.47. The van der Waals surface area contributed by atoms with Gasteiger partial charge in [0.15, 0.2) is 0 Å². The van der Waals surface area contributed by atoms with E-state index in [0.29, 0.717) is 11.1 Å². The normalized spacial score (nSPS) is 9.09. The van der Waals surface area contributed by atoms with Crippen LogP contribution >= 0.6 is 0 Å². The van der Waals surface area contributed by atoms with Gasteiger partial charge < -0.3 is 10.1 Å². The van der Waals surface area contributed by atoms with Crippen LogP contribution in [0, 0.1) is 18.3 Å². The van der Waals surface area contributed by atoms with Crippen molar-refractivity contribution in [3.63, 3.8) is 0 Å². The molecule has 56 valence electrons. The predicted molar refractivity (Wildman–Crippen MR) is 37.2 cm³/mol. The molecule has 0 bridgehead atoms. The second kappa shape index (κ2) is 2.46. The summed E-state index contributed by atoms with van der Waals surface area (Å²) in [5, 5.41) is 17.0. The van der Waals surface area contributed by atoms with Gasteiger partial charge in [0.05, 0.1) is 5.56 Å². The fourth-order valence-corrected chi connectivity index (χ4v) is 0.834. The Balaban J connectivity index is 3.24. The number of carbonyl (C=O) groups is 1. The molecule has 0 unspecified atom stereocenters. The van der Waals surface area contributed by atoms with Gasteiger partial charge in [-0.2, -0.15) is 5.26 Å². The Morgan fingerprint density at radius 3 is 2.73 bits per heavy atom. The van der Waals surface area contributed by atoms with Crippen molar-refractivity contribution in [2.45, 2.75) is 6.92 Å². The summed E-state index contributed by atoms with van der Waals surface area (Å²) in [5.74, 6) is -1.04. The number of H-pyrrole nitrogens is 1. The number of aromatic amines is 1.